The molecular formula is C16H17ClN2O. The lowest BCUT2D eigenvalue weighted by molar-refractivity contribution is -0.117. The van der Waals surface area contributed by atoms with E-state index >= 15 is 0 Å². The zero-order valence-corrected chi connectivity index (χ0v) is 11.8. The second kappa shape index (κ2) is 7.08. The molecule has 0 saturated carbocycles. The van der Waals surface area contributed by atoms with Gasteiger partial charge in [-0.1, -0.05) is 60.1 Å². The predicted molar refractivity (Wildman–Crippen MR) is 81.5 cm³/mol. The molecule has 0 radical (unpaired) electrons. The van der Waals surface area contributed by atoms with E-state index in [4.69, 9.17) is 17.3 Å². The van der Waals surface area contributed by atoms with Crippen LogP contribution in [0.5, 0.6) is 0 Å². The van der Waals surface area contributed by atoms with E-state index in [1.807, 2.05) is 54.6 Å². The lowest BCUT2D eigenvalue weighted by Crippen LogP contribution is -2.32. The minimum atomic E-state index is -0.370. The molecule has 0 aliphatic carbocycles. The molecule has 1 unspecified atom stereocenters. The third kappa shape index (κ3) is 4.08. The number of halogens is 1. The Morgan fingerprint density at radius 2 is 1.75 bits per heavy atom. The van der Waals surface area contributed by atoms with E-state index < -0.39 is 0 Å². The van der Waals surface area contributed by atoms with Gasteiger partial charge in [0, 0.05) is 11.1 Å². The Morgan fingerprint density at radius 3 is 2.40 bits per heavy atom. The first-order valence-electron chi connectivity index (χ1n) is 6.47. The van der Waals surface area contributed by atoms with Crippen LogP contribution >= 0.6 is 11.6 Å². The van der Waals surface area contributed by atoms with Gasteiger partial charge >= 0.3 is 0 Å². The molecule has 0 aromatic heterocycles. The average molecular weight is 289 g/mol. The van der Waals surface area contributed by atoms with Crippen molar-refractivity contribution in [2.24, 2.45) is 5.73 Å². The van der Waals surface area contributed by atoms with E-state index in [0.29, 0.717) is 6.42 Å². The second-order valence-corrected chi connectivity index (χ2v) is 5.01. The molecule has 1 amide bonds. The molecule has 2 rings (SSSR count). The van der Waals surface area contributed by atoms with Gasteiger partial charge in [-0.3, -0.25) is 4.79 Å². The van der Waals surface area contributed by atoms with Crippen molar-refractivity contribution in [1.82, 2.24) is 5.32 Å². The number of carbonyl (C=O) groups is 1. The van der Waals surface area contributed by atoms with Crippen molar-refractivity contribution in [3.63, 3.8) is 0 Å². The number of nitrogens with one attached hydrogen (secondary N) is 1. The smallest absolute Gasteiger partial charge is 0.231 e. The summed E-state index contributed by atoms with van der Waals surface area (Å²) in [7, 11) is 0. The number of benzene rings is 2. The standard InChI is InChI=1S/C16H17ClN2O/c17-14-9-5-4-8-13(14)10-15(19-11-16(18)20)12-6-2-1-3-7-12/h1-9,15,19H,10-11H2,(H2,18,20). The van der Waals surface area contributed by atoms with Gasteiger partial charge in [-0.2, -0.15) is 0 Å². The van der Waals surface area contributed by atoms with Gasteiger partial charge in [0.2, 0.25) is 5.91 Å². The van der Waals surface area contributed by atoms with Crippen LogP contribution in [-0.4, -0.2) is 12.5 Å². The number of carbonyl (C=O) groups excluding carboxylic acids is 1. The first-order valence-corrected chi connectivity index (χ1v) is 6.84. The van der Waals surface area contributed by atoms with Gasteiger partial charge in [0.05, 0.1) is 6.54 Å². The van der Waals surface area contributed by atoms with Crippen molar-refractivity contribution < 1.29 is 4.79 Å². The minimum absolute atomic E-state index is 0.00333. The summed E-state index contributed by atoms with van der Waals surface area (Å²) in [5.74, 6) is -0.370. The van der Waals surface area contributed by atoms with Gasteiger partial charge in [0.1, 0.15) is 0 Å². The van der Waals surface area contributed by atoms with Crippen molar-refractivity contribution in [3.8, 4) is 0 Å². The van der Waals surface area contributed by atoms with Gasteiger partial charge in [0.25, 0.3) is 0 Å². The number of rotatable bonds is 6. The number of nitrogens with two attached hydrogens (primary N) is 1. The van der Waals surface area contributed by atoms with Crippen LogP contribution in [-0.2, 0) is 11.2 Å². The Balaban J connectivity index is 2.18. The maximum absolute atomic E-state index is 11.0. The lowest BCUT2D eigenvalue weighted by atomic mass is 9.99. The van der Waals surface area contributed by atoms with E-state index in [0.717, 1.165) is 16.1 Å². The zero-order chi connectivity index (χ0) is 14.4. The normalized spacial score (nSPS) is 12.1. The summed E-state index contributed by atoms with van der Waals surface area (Å²) in [6.45, 7) is 0.143. The third-order valence-corrected chi connectivity index (χ3v) is 3.48. The van der Waals surface area contributed by atoms with Crippen LogP contribution in [0.3, 0.4) is 0 Å². The molecular weight excluding hydrogens is 272 g/mol. The number of hydrogen-bond donors (Lipinski definition) is 2. The van der Waals surface area contributed by atoms with Crippen molar-refractivity contribution in [3.05, 3.63) is 70.7 Å². The van der Waals surface area contributed by atoms with Crippen molar-refractivity contribution in [1.29, 1.82) is 0 Å². The average Bonchev–Trinajstić information content (AvgIpc) is 2.46. The van der Waals surface area contributed by atoms with Crippen LogP contribution in [0.2, 0.25) is 5.02 Å². The fourth-order valence-electron chi connectivity index (χ4n) is 2.10. The number of amides is 1. The van der Waals surface area contributed by atoms with E-state index in [9.17, 15) is 4.79 Å². The lowest BCUT2D eigenvalue weighted by Gasteiger charge is -2.19. The molecule has 20 heavy (non-hydrogen) atoms. The van der Waals surface area contributed by atoms with Crippen LogP contribution in [0.1, 0.15) is 17.2 Å². The van der Waals surface area contributed by atoms with Crippen molar-refractivity contribution >= 4 is 17.5 Å². The van der Waals surface area contributed by atoms with Gasteiger partial charge in [-0.25, -0.2) is 0 Å². The SMILES string of the molecule is NC(=O)CNC(Cc1ccccc1Cl)c1ccccc1. The molecule has 4 heteroatoms. The highest BCUT2D eigenvalue weighted by Gasteiger charge is 2.14. The number of primary amides is 1. The van der Waals surface area contributed by atoms with E-state index in [1.54, 1.807) is 0 Å². The molecule has 2 aromatic rings. The highest BCUT2D eigenvalue weighted by molar-refractivity contribution is 6.31. The first kappa shape index (κ1) is 14.6. The largest absolute Gasteiger partial charge is 0.369 e. The third-order valence-electron chi connectivity index (χ3n) is 3.11. The molecule has 104 valence electrons. The molecule has 0 heterocycles. The van der Waals surface area contributed by atoms with Gasteiger partial charge in [-0.15, -0.1) is 0 Å². The molecule has 0 aliphatic heterocycles. The fourth-order valence-corrected chi connectivity index (χ4v) is 2.31. The summed E-state index contributed by atoms with van der Waals surface area (Å²) < 4.78 is 0. The molecule has 0 fully saturated rings. The minimum Gasteiger partial charge on any atom is -0.369 e. The molecule has 2 aromatic carbocycles. The van der Waals surface area contributed by atoms with Crippen molar-refractivity contribution in [2.45, 2.75) is 12.5 Å². The van der Waals surface area contributed by atoms with Crippen LogP contribution in [0.4, 0.5) is 0 Å². The summed E-state index contributed by atoms with van der Waals surface area (Å²) in [6, 6.07) is 17.7. The van der Waals surface area contributed by atoms with Gasteiger partial charge < -0.3 is 11.1 Å². The molecule has 0 aliphatic rings. The summed E-state index contributed by atoms with van der Waals surface area (Å²) in [4.78, 5) is 11.0. The second-order valence-electron chi connectivity index (χ2n) is 4.61. The Hall–Kier alpha value is -1.84. The zero-order valence-electron chi connectivity index (χ0n) is 11.1. The van der Waals surface area contributed by atoms with E-state index in [1.165, 1.54) is 0 Å². The van der Waals surface area contributed by atoms with Crippen molar-refractivity contribution in [2.75, 3.05) is 6.54 Å². The first-order chi connectivity index (χ1) is 9.66. The number of hydrogen-bond acceptors (Lipinski definition) is 2. The molecule has 3 nitrogen and oxygen atoms in total. The summed E-state index contributed by atoms with van der Waals surface area (Å²) in [5.41, 5.74) is 7.36. The van der Waals surface area contributed by atoms with Crippen LogP contribution in [0, 0.1) is 0 Å². The molecule has 3 N–H and O–H groups in total. The van der Waals surface area contributed by atoms with Crippen LogP contribution in [0.15, 0.2) is 54.6 Å². The Labute approximate surface area is 123 Å². The predicted octanol–water partition coefficient (Wildman–Crippen LogP) is 2.70. The molecule has 0 bridgehead atoms. The van der Waals surface area contributed by atoms with Crippen LogP contribution < -0.4 is 11.1 Å². The van der Waals surface area contributed by atoms with Gasteiger partial charge in [-0.05, 0) is 23.6 Å². The van der Waals surface area contributed by atoms with Crippen LogP contribution in [0.25, 0.3) is 0 Å². The highest BCUT2D eigenvalue weighted by atomic mass is 35.5. The Kier molecular flexibility index (Phi) is 5.16. The van der Waals surface area contributed by atoms with E-state index in [-0.39, 0.29) is 18.5 Å². The maximum Gasteiger partial charge on any atom is 0.231 e. The van der Waals surface area contributed by atoms with E-state index in [2.05, 4.69) is 5.32 Å². The summed E-state index contributed by atoms with van der Waals surface area (Å²) in [5, 5.41) is 3.91. The Bertz CT molecular complexity index is 572. The monoisotopic (exact) mass is 288 g/mol. The summed E-state index contributed by atoms with van der Waals surface area (Å²) in [6.07, 6.45) is 0.705. The molecule has 0 spiro atoms. The molecule has 1 atom stereocenters. The summed E-state index contributed by atoms with van der Waals surface area (Å²) >= 11 is 6.20. The topological polar surface area (TPSA) is 55.1 Å². The van der Waals surface area contributed by atoms with Gasteiger partial charge in [0.15, 0.2) is 0 Å². The highest BCUT2D eigenvalue weighted by Crippen LogP contribution is 2.23. The fraction of sp³-hybridized carbons (Fsp3) is 0.188. The molecule has 0 saturated heterocycles. The maximum atomic E-state index is 11.0. The Morgan fingerprint density at radius 1 is 1.10 bits per heavy atom. The quantitative estimate of drug-likeness (QED) is 0.859.